The van der Waals surface area contributed by atoms with Crippen LogP contribution in [0.1, 0.15) is 63.0 Å². The number of esters is 1. The molecule has 0 saturated heterocycles. The Morgan fingerprint density at radius 3 is 2.77 bits per heavy atom. The molecule has 0 unspecified atom stereocenters. The maximum atomic E-state index is 11.8. The van der Waals surface area contributed by atoms with E-state index in [0.29, 0.717) is 17.8 Å². The van der Waals surface area contributed by atoms with Gasteiger partial charge in [-0.25, -0.2) is 0 Å². The fourth-order valence-corrected chi connectivity index (χ4v) is 6.36. The molecule has 2 saturated carbocycles. The van der Waals surface area contributed by atoms with Gasteiger partial charge in [0.1, 0.15) is 5.75 Å². The summed E-state index contributed by atoms with van der Waals surface area (Å²) in [5.74, 6) is 5.35. The second kappa shape index (κ2) is 6.05. The van der Waals surface area contributed by atoms with Crippen molar-refractivity contribution >= 4 is 5.97 Å². The zero-order chi connectivity index (χ0) is 18.5. The van der Waals surface area contributed by atoms with Gasteiger partial charge in [0.2, 0.25) is 0 Å². The van der Waals surface area contributed by atoms with E-state index in [1.165, 1.54) is 24.5 Å². The van der Waals surface area contributed by atoms with Crippen molar-refractivity contribution in [3.8, 4) is 18.1 Å². The highest BCUT2D eigenvalue weighted by molar-refractivity contribution is 5.67. The number of hydrogen-bond donors (Lipinski definition) is 0. The van der Waals surface area contributed by atoms with Gasteiger partial charge in [0.25, 0.3) is 0 Å². The van der Waals surface area contributed by atoms with Gasteiger partial charge in [0.15, 0.2) is 5.60 Å². The number of methoxy groups -OCH3 is 1. The number of carbonyl (C=O) groups excluding carboxylic acids is 1. The quantitative estimate of drug-likeness (QED) is 0.581. The van der Waals surface area contributed by atoms with Crippen LogP contribution < -0.4 is 4.74 Å². The Balaban J connectivity index is 1.68. The molecule has 138 valence electrons. The Labute approximate surface area is 156 Å². The van der Waals surface area contributed by atoms with Gasteiger partial charge in [-0.1, -0.05) is 18.9 Å². The second-order valence-corrected chi connectivity index (χ2v) is 8.54. The zero-order valence-electron chi connectivity index (χ0n) is 16.0. The molecule has 4 rings (SSSR count). The van der Waals surface area contributed by atoms with E-state index in [9.17, 15) is 4.79 Å². The average molecular weight is 352 g/mol. The summed E-state index contributed by atoms with van der Waals surface area (Å²) in [7, 11) is 1.73. The highest BCUT2D eigenvalue weighted by Crippen LogP contribution is 2.65. The van der Waals surface area contributed by atoms with Crippen LogP contribution in [0.25, 0.3) is 0 Å². The molecule has 2 fully saturated rings. The molecule has 3 aliphatic rings. The van der Waals surface area contributed by atoms with Gasteiger partial charge >= 0.3 is 5.97 Å². The summed E-state index contributed by atoms with van der Waals surface area (Å²) >= 11 is 0. The van der Waals surface area contributed by atoms with Crippen LogP contribution in [0.15, 0.2) is 18.2 Å². The maximum Gasteiger partial charge on any atom is 0.304 e. The lowest BCUT2D eigenvalue weighted by molar-refractivity contribution is -0.165. The maximum absolute atomic E-state index is 11.8. The Hall–Kier alpha value is -1.95. The fraction of sp³-hybridized carbons (Fsp3) is 0.609. The minimum Gasteiger partial charge on any atom is -0.497 e. The second-order valence-electron chi connectivity index (χ2n) is 8.54. The summed E-state index contributed by atoms with van der Waals surface area (Å²) in [4.78, 5) is 11.8. The minimum atomic E-state index is -0.728. The molecule has 0 amide bonds. The molecule has 0 aliphatic heterocycles. The summed E-state index contributed by atoms with van der Waals surface area (Å²) in [6.45, 7) is 3.75. The molecule has 0 spiro atoms. The Morgan fingerprint density at radius 2 is 2.08 bits per heavy atom. The first-order chi connectivity index (χ1) is 12.4. The van der Waals surface area contributed by atoms with Crippen LogP contribution in [-0.2, 0) is 16.0 Å². The number of hydrogen-bond acceptors (Lipinski definition) is 3. The summed E-state index contributed by atoms with van der Waals surface area (Å²) in [5, 5.41) is 0. The van der Waals surface area contributed by atoms with Crippen LogP contribution in [-0.4, -0.2) is 18.7 Å². The Bertz CT molecular complexity index is 776. The van der Waals surface area contributed by atoms with Crippen LogP contribution in [0.2, 0.25) is 0 Å². The molecule has 5 atom stereocenters. The van der Waals surface area contributed by atoms with E-state index >= 15 is 0 Å². The van der Waals surface area contributed by atoms with Crippen molar-refractivity contribution in [2.75, 3.05) is 7.11 Å². The SMILES string of the molecule is C#C[C@]1(OC(C)=O)CC[C@H]2[C@H]3CCc4cc(OC)ccc4[C@@H]3CC[C@@]21C. The van der Waals surface area contributed by atoms with Crippen LogP contribution in [0.5, 0.6) is 5.75 Å². The van der Waals surface area contributed by atoms with Crippen molar-refractivity contribution in [2.24, 2.45) is 17.3 Å². The largest absolute Gasteiger partial charge is 0.497 e. The summed E-state index contributed by atoms with van der Waals surface area (Å²) in [6, 6.07) is 6.57. The van der Waals surface area contributed by atoms with Crippen molar-refractivity contribution in [1.82, 2.24) is 0 Å². The first-order valence-electron chi connectivity index (χ1n) is 9.78. The number of carbonyl (C=O) groups is 1. The molecule has 0 N–H and O–H groups in total. The summed E-state index contributed by atoms with van der Waals surface area (Å²) < 4.78 is 11.2. The van der Waals surface area contributed by atoms with Crippen molar-refractivity contribution in [2.45, 2.75) is 63.9 Å². The van der Waals surface area contributed by atoms with Gasteiger partial charge in [-0.2, -0.15) is 0 Å². The van der Waals surface area contributed by atoms with Gasteiger partial charge in [-0.3, -0.25) is 4.79 Å². The fourth-order valence-electron chi connectivity index (χ4n) is 6.36. The number of aryl methyl sites for hydroxylation is 1. The monoisotopic (exact) mass is 352 g/mol. The molecule has 0 bridgehead atoms. The van der Waals surface area contributed by atoms with E-state index in [1.54, 1.807) is 7.11 Å². The zero-order valence-corrected chi connectivity index (χ0v) is 16.0. The molecule has 26 heavy (non-hydrogen) atoms. The molecule has 3 nitrogen and oxygen atoms in total. The summed E-state index contributed by atoms with van der Waals surface area (Å²) in [6.07, 6.45) is 12.2. The normalized spacial score (nSPS) is 37.7. The molecule has 1 aromatic carbocycles. The average Bonchev–Trinajstić information content (AvgIpc) is 2.93. The molecule has 0 radical (unpaired) electrons. The third kappa shape index (κ3) is 2.31. The number of benzene rings is 1. The predicted molar refractivity (Wildman–Crippen MR) is 101 cm³/mol. The summed E-state index contributed by atoms with van der Waals surface area (Å²) in [5.41, 5.74) is 2.10. The van der Waals surface area contributed by atoms with E-state index in [4.69, 9.17) is 15.9 Å². The Morgan fingerprint density at radius 1 is 1.27 bits per heavy atom. The number of terminal acetylenes is 1. The van der Waals surface area contributed by atoms with Gasteiger partial charge < -0.3 is 9.47 Å². The van der Waals surface area contributed by atoms with Crippen molar-refractivity contribution in [3.63, 3.8) is 0 Å². The van der Waals surface area contributed by atoms with E-state index in [2.05, 4.69) is 31.0 Å². The van der Waals surface area contributed by atoms with Crippen LogP contribution in [0.4, 0.5) is 0 Å². The van der Waals surface area contributed by atoms with E-state index in [1.807, 2.05) is 0 Å². The van der Waals surface area contributed by atoms with Crippen LogP contribution >= 0.6 is 0 Å². The Kier molecular flexibility index (Phi) is 4.06. The predicted octanol–water partition coefficient (Wildman–Crippen LogP) is 4.49. The van der Waals surface area contributed by atoms with E-state index < -0.39 is 5.60 Å². The molecule has 3 heteroatoms. The lowest BCUT2D eigenvalue weighted by Gasteiger charge is -2.52. The highest BCUT2D eigenvalue weighted by atomic mass is 16.6. The number of rotatable bonds is 2. The van der Waals surface area contributed by atoms with Crippen molar-refractivity contribution in [1.29, 1.82) is 0 Å². The van der Waals surface area contributed by atoms with Crippen LogP contribution in [0, 0.1) is 29.6 Å². The minimum absolute atomic E-state index is 0.113. The van der Waals surface area contributed by atoms with Gasteiger partial charge in [-0.05, 0) is 79.5 Å². The van der Waals surface area contributed by atoms with Gasteiger partial charge in [0.05, 0.1) is 7.11 Å². The molecule has 1 aromatic rings. The molecular formula is C23H28O3. The first kappa shape index (κ1) is 17.5. The third-order valence-corrected chi connectivity index (χ3v) is 7.60. The standard InChI is InChI=1S/C23H28O3/c1-5-23(26-15(2)24)13-11-21-20-8-6-16-14-17(25-4)7-9-18(16)19(20)10-12-22(21,23)3/h1,7,9,14,19-21H,6,8,10-13H2,2-4H3/t19-,20-,21-,22-,23-/m0/s1. The highest BCUT2D eigenvalue weighted by Gasteiger charge is 2.63. The van der Waals surface area contributed by atoms with Crippen molar-refractivity contribution in [3.05, 3.63) is 29.3 Å². The van der Waals surface area contributed by atoms with E-state index in [-0.39, 0.29) is 11.4 Å². The van der Waals surface area contributed by atoms with E-state index in [0.717, 1.165) is 37.9 Å². The molecular weight excluding hydrogens is 324 g/mol. The molecule has 3 aliphatic carbocycles. The number of ether oxygens (including phenoxy) is 2. The third-order valence-electron chi connectivity index (χ3n) is 7.60. The molecule has 0 aromatic heterocycles. The van der Waals surface area contributed by atoms with Gasteiger partial charge in [-0.15, -0.1) is 6.42 Å². The lowest BCUT2D eigenvalue weighted by atomic mass is 9.53. The topological polar surface area (TPSA) is 35.5 Å². The molecule has 0 heterocycles. The van der Waals surface area contributed by atoms with Gasteiger partial charge in [0, 0.05) is 12.3 Å². The number of fused-ring (bicyclic) bond motifs is 5. The van der Waals surface area contributed by atoms with Crippen molar-refractivity contribution < 1.29 is 14.3 Å². The smallest absolute Gasteiger partial charge is 0.304 e. The van der Waals surface area contributed by atoms with Crippen LogP contribution in [0.3, 0.4) is 0 Å². The lowest BCUT2D eigenvalue weighted by Crippen LogP contribution is -2.52. The first-order valence-corrected chi connectivity index (χ1v) is 9.78.